The molecule has 30 heavy (non-hydrogen) atoms. The van der Waals surface area contributed by atoms with Crippen LogP contribution in [0.4, 0.5) is 0 Å². The average molecular weight is 430 g/mol. The van der Waals surface area contributed by atoms with Crippen LogP contribution in [0.1, 0.15) is 34.5 Å². The molecule has 2 rings (SSSR count). The molecule has 0 bridgehead atoms. The molecule has 0 fully saturated rings. The van der Waals surface area contributed by atoms with Crippen LogP contribution in [0.15, 0.2) is 53.5 Å². The number of carbonyl (C=O) groups is 1. The number of halogens is 1. The van der Waals surface area contributed by atoms with Gasteiger partial charge < -0.3 is 20.4 Å². The Labute approximate surface area is 184 Å². The van der Waals surface area contributed by atoms with E-state index < -0.39 is 0 Å². The van der Waals surface area contributed by atoms with E-state index in [1.807, 2.05) is 43.3 Å². The van der Waals surface area contributed by atoms with Crippen molar-refractivity contribution >= 4 is 23.5 Å². The Hall–Kier alpha value is -2.57. The van der Waals surface area contributed by atoms with Gasteiger partial charge in [-0.3, -0.25) is 4.79 Å². The molecule has 0 aliphatic rings. The lowest BCUT2D eigenvalue weighted by Crippen LogP contribution is -2.41. The fourth-order valence-electron chi connectivity index (χ4n) is 3.00. The van der Waals surface area contributed by atoms with E-state index in [-0.39, 0.29) is 11.9 Å². The summed E-state index contributed by atoms with van der Waals surface area (Å²) in [4.78, 5) is 20.4. The minimum absolute atomic E-state index is 0.00279. The topological polar surface area (TPSA) is 60.0 Å². The van der Waals surface area contributed by atoms with Gasteiger partial charge in [-0.15, -0.1) is 0 Å². The van der Waals surface area contributed by atoms with Gasteiger partial charge >= 0.3 is 0 Å². The minimum Gasteiger partial charge on any atom is -0.357 e. The molecular weight excluding hydrogens is 398 g/mol. The molecule has 162 valence electrons. The number of nitrogens with zero attached hydrogens (tertiary/aromatic N) is 3. The molecule has 0 heterocycles. The third kappa shape index (κ3) is 7.04. The minimum atomic E-state index is -0.00279. The molecule has 0 radical (unpaired) electrons. The molecule has 0 saturated heterocycles. The summed E-state index contributed by atoms with van der Waals surface area (Å²) in [7, 11) is 7.61. The van der Waals surface area contributed by atoms with E-state index in [2.05, 4.69) is 41.8 Å². The Kier molecular flexibility index (Phi) is 9.15. The molecular formula is C23H32ClN5O. The van der Waals surface area contributed by atoms with Gasteiger partial charge in [0.2, 0.25) is 0 Å². The maximum Gasteiger partial charge on any atom is 0.253 e. The van der Waals surface area contributed by atoms with Gasteiger partial charge in [0.25, 0.3) is 5.91 Å². The Balaban J connectivity index is 2.04. The number of aliphatic imine (C=N–C) groups is 1. The van der Waals surface area contributed by atoms with Crippen molar-refractivity contribution in [1.82, 2.24) is 20.4 Å². The van der Waals surface area contributed by atoms with E-state index in [0.29, 0.717) is 18.7 Å². The number of nitrogens with one attached hydrogen (secondary N) is 2. The first kappa shape index (κ1) is 23.7. The smallest absolute Gasteiger partial charge is 0.253 e. The van der Waals surface area contributed by atoms with Crippen LogP contribution >= 0.6 is 11.6 Å². The zero-order valence-corrected chi connectivity index (χ0v) is 19.2. The summed E-state index contributed by atoms with van der Waals surface area (Å²) in [6.07, 6.45) is 0. The van der Waals surface area contributed by atoms with Crippen LogP contribution in [0.2, 0.25) is 5.02 Å². The highest BCUT2D eigenvalue weighted by molar-refractivity contribution is 6.30. The largest absolute Gasteiger partial charge is 0.357 e. The first-order valence-electron chi connectivity index (χ1n) is 10.1. The van der Waals surface area contributed by atoms with E-state index in [9.17, 15) is 4.79 Å². The summed E-state index contributed by atoms with van der Waals surface area (Å²) in [5.41, 5.74) is 2.91. The quantitative estimate of drug-likeness (QED) is 0.498. The number of carbonyl (C=O) groups excluding carboxylic acids is 1. The fourth-order valence-corrected chi connectivity index (χ4v) is 3.13. The lowest BCUT2D eigenvalue weighted by Gasteiger charge is -2.26. The van der Waals surface area contributed by atoms with Crippen LogP contribution in [0.3, 0.4) is 0 Å². The monoisotopic (exact) mass is 429 g/mol. The summed E-state index contributed by atoms with van der Waals surface area (Å²) in [5, 5.41) is 7.46. The van der Waals surface area contributed by atoms with E-state index in [4.69, 9.17) is 16.6 Å². The van der Waals surface area contributed by atoms with Gasteiger partial charge in [0.15, 0.2) is 5.96 Å². The van der Waals surface area contributed by atoms with Crippen LogP contribution in [0, 0.1) is 0 Å². The Morgan fingerprint density at radius 2 is 1.63 bits per heavy atom. The van der Waals surface area contributed by atoms with Gasteiger partial charge in [-0.25, -0.2) is 4.99 Å². The van der Waals surface area contributed by atoms with Crippen LogP contribution in [0.25, 0.3) is 0 Å². The molecule has 0 spiro atoms. The number of likely N-dealkylation sites (N-methyl/N-ethyl adjacent to an activating group) is 1. The highest BCUT2D eigenvalue weighted by Gasteiger charge is 2.14. The highest BCUT2D eigenvalue weighted by Crippen LogP contribution is 2.19. The van der Waals surface area contributed by atoms with Gasteiger partial charge in [0.1, 0.15) is 0 Å². The lowest BCUT2D eigenvalue weighted by atomic mass is 10.1. The predicted octanol–water partition coefficient (Wildman–Crippen LogP) is 3.40. The number of hydrogen-bond acceptors (Lipinski definition) is 3. The number of amides is 1. The molecule has 2 aromatic rings. The normalized spacial score (nSPS) is 12.6. The zero-order chi connectivity index (χ0) is 22.1. The van der Waals surface area contributed by atoms with E-state index >= 15 is 0 Å². The second-order valence-corrected chi connectivity index (χ2v) is 7.94. The van der Waals surface area contributed by atoms with E-state index in [1.54, 1.807) is 19.0 Å². The number of rotatable bonds is 8. The first-order valence-corrected chi connectivity index (χ1v) is 10.4. The molecule has 0 saturated carbocycles. The number of guanidine groups is 1. The molecule has 2 aromatic carbocycles. The maximum atomic E-state index is 12.0. The molecule has 0 aromatic heterocycles. The van der Waals surface area contributed by atoms with Crippen molar-refractivity contribution in [2.45, 2.75) is 19.5 Å². The van der Waals surface area contributed by atoms with Gasteiger partial charge in [-0.05, 0) is 56.4 Å². The summed E-state index contributed by atoms with van der Waals surface area (Å²) in [6.45, 7) is 4.05. The SMILES string of the molecule is CCNC(=NCc1ccc(C(=O)N(C)C)cc1)NCC(c1ccc(Cl)cc1)N(C)C. The Morgan fingerprint density at radius 3 is 2.17 bits per heavy atom. The second-order valence-electron chi connectivity index (χ2n) is 7.50. The fraction of sp³-hybridized carbons (Fsp3) is 0.391. The summed E-state index contributed by atoms with van der Waals surface area (Å²) in [5.74, 6) is 0.753. The van der Waals surface area contributed by atoms with Crippen molar-refractivity contribution < 1.29 is 4.79 Å². The predicted molar refractivity (Wildman–Crippen MR) is 125 cm³/mol. The molecule has 2 N–H and O–H groups in total. The van der Waals surface area contributed by atoms with Gasteiger partial charge in [-0.1, -0.05) is 35.9 Å². The Morgan fingerprint density at radius 1 is 1.00 bits per heavy atom. The summed E-state index contributed by atoms with van der Waals surface area (Å²) in [6, 6.07) is 15.7. The number of benzene rings is 2. The second kappa shape index (κ2) is 11.6. The highest BCUT2D eigenvalue weighted by atomic mass is 35.5. The maximum absolute atomic E-state index is 12.0. The van der Waals surface area contributed by atoms with Crippen molar-refractivity contribution in [3.8, 4) is 0 Å². The molecule has 7 heteroatoms. The molecule has 0 aliphatic carbocycles. The van der Waals surface area contributed by atoms with Crippen molar-refractivity contribution in [1.29, 1.82) is 0 Å². The van der Waals surface area contributed by atoms with Crippen molar-refractivity contribution in [3.63, 3.8) is 0 Å². The third-order valence-electron chi connectivity index (χ3n) is 4.71. The van der Waals surface area contributed by atoms with Crippen LogP contribution < -0.4 is 10.6 Å². The third-order valence-corrected chi connectivity index (χ3v) is 4.96. The zero-order valence-electron chi connectivity index (χ0n) is 18.4. The van der Waals surface area contributed by atoms with Crippen LogP contribution in [-0.2, 0) is 6.54 Å². The van der Waals surface area contributed by atoms with Gasteiger partial charge in [-0.2, -0.15) is 0 Å². The average Bonchev–Trinajstić information content (AvgIpc) is 2.72. The van der Waals surface area contributed by atoms with Gasteiger partial charge in [0, 0.05) is 37.8 Å². The number of hydrogen-bond donors (Lipinski definition) is 2. The summed E-state index contributed by atoms with van der Waals surface area (Å²) < 4.78 is 0. The standard InChI is InChI=1S/C23H32ClN5O/c1-6-25-23(26-15-17-7-9-19(10-8-17)22(30)29(4)5)27-16-21(28(2)3)18-11-13-20(24)14-12-18/h7-14,21H,6,15-16H2,1-5H3,(H2,25,26,27). The molecule has 1 amide bonds. The van der Waals surface area contributed by atoms with Crippen molar-refractivity contribution in [2.75, 3.05) is 41.3 Å². The van der Waals surface area contributed by atoms with Crippen molar-refractivity contribution in [2.24, 2.45) is 4.99 Å². The van der Waals surface area contributed by atoms with E-state index in [0.717, 1.165) is 23.1 Å². The molecule has 1 unspecified atom stereocenters. The first-order chi connectivity index (χ1) is 14.3. The lowest BCUT2D eigenvalue weighted by molar-refractivity contribution is 0.0827. The van der Waals surface area contributed by atoms with E-state index in [1.165, 1.54) is 5.56 Å². The van der Waals surface area contributed by atoms with Crippen molar-refractivity contribution in [3.05, 3.63) is 70.2 Å². The molecule has 1 atom stereocenters. The van der Waals surface area contributed by atoms with Crippen LogP contribution in [-0.4, -0.2) is 62.9 Å². The van der Waals surface area contributed by atoms with Gasteiger partial charge in [0.05, 0.1) is 12.6 Å². The molecule has 0 aliphatic heterocycles. The Bertz CT molecular complexity index is 832. The van der Waals surface area contributed by atoms with Crippen LogP contribution in [0.5, 0.6) is 0 Å². The summed E-state index contributed by atoms with van der Waals surface area (Å²) >= 11 is 6.03. The molecule has 6 nitrogen and oxygen atoms in total.